The lowest BCUT2D eigenvalue weighted by molar-refractivity contribution is -0.387. The lowest BCUT2D eigenvalue weighted by Crippen LogP contribution is -2.30. The molecule has 0 saturated heterocycles. The Balaban J connectivity index is 3.27. The van der Waals surface area contributed by atoms with E-state index in [4.69, 9.17) is 0 Å². The van der Waals surface area contributed by atoms with Crippen LogP contribution in [-0.4, -0.2) is 33.0 Å². The number of benzene rings is 1. The lowest BCUT2D eigenvalue weighted by Gasteiger charge is -2.09. The van der Waals surface area contributed by atoms with Gasteiger partial charge >= 0.3 is 5.97 Å². The summed E-state index contributed by atoms with van der Waals surface area (Å²) in [6, 6.07) is 2.38. The molecule has 20 heavy (non-hydrogen) atoms. The van der Waals surface area contributed by atoms with Crippen molar-refractivity contribution in [1.82, 2.24) is 4.72 Å². The van der Waals surface area contributed by atoms with Crippen molar-refractivity contribution in [3.05, 3.63) is 33.4 Å². The van der Waals surface area contributed by atoms with E-state index < -0.39 is 38.0 Å². The maximum atomic E-state index is 12.0. The molecule has 8 nitrogen and oxygen atoms in total. The van der Waals surface area contributed by atoms with E-state index in [1.165, 1.54) is 12.1 Å². The van der Waals surface area contributed by atoms with Gasteiger partial charge in [0.25, 0.3) is 5.69 Å². The minimum atomic E-state index is -4.17. The number of nitro benzene ring substituents is 1. The van der Waals surface area contributed by atoms with E-state index in [1.807, 2.05) is 4.72 Å². The van der Waals surface area contributed by atoms with E-state index in [0.717, 1.165) is 7.11 Å². The van der Waals surface area contributed by atoms with Gasteiger partial charge in [-0.15, -0.1) is 0 Å². The molecule has 1 aromatic carbocycles. The number of carbonyl (C=O) groups excluding carboxylic acids is 1. The smallest absolute Gasteiger partial charge is 0.320 e. The maximum absolute atomic E-state index is 12.0. The molecule has 1 rings (SSSR count). The molecular formula is C11H14N2O6S. The van der Waals surface area contributed by atoms with Crippen LogP contribution in [0.5, 0.6) is 0 Å². The normalized spacial score (nSPS) is 11.2. The minimum Gasteiger partial charge on any atom is -0.468 e. The van der Waals surface area contributed by atoms with Crippen LogP contribution in [0.25, 0.3) is 0 Å². The van der Waals surface area contributed by atoms with Gasteiger partial charge in [-0.05, 0) is 31.0 Å². The van der Waals surface area contributed by atoms with Crippen LogP contribution in [0, 0.1) is 24.0 Å². The van der Waals surface area contributed by atoms with Crippen molar-refractivity contribution < 1.29 is 22.9 Å². The summed E-state index contributed by atoms with van der Waals surface area (Å²) in [4.78, 5) is 20.6. The van der Waals surface area contributed by atoms with Crippen LogP contribution in [0.1, 0.15) is 11.1 Å². The molecule has 0 bridgehead atoms. The van der Waals surface area contributed by atoms with Crippen molar-refractivity contribution in [2.45, 2.75) is 18.7 Å². The molecule has 0 unspecified atom stereocenters. The molecule has 0 atom stereocenters. The first-order chi connectivity index (χ1) is 9.19. The highest BCUT2D eigenvalue weighted by molar-refractivity contribution is 7.89. The monoisotopic (exact) mass is 302 g/mol. The largest absolute Gasteiger partial charge is 0.468 e. The number of ether oxygens (including phenoxy) is 1. The zero-order chi connectivity index (χ0) is 15.5. The van der Waals surface area contributed by atoms with Gasteiger partial charge in [-0.3, -0.25) is 14.9 Å². The first-order valence-corrected chi connectivity index (χ1v) is 6.99. The number of nitro groups is 1. The van der Waals surface area contributed by atoms with Gasteiger partial charge in [0, 0.05) is 6.07 Å². The Hall–Kier alpha value is -2.00. The first-order valence-electron chi connectivity index (χ1n) is 5.51. The summed E-state index contributed by atoms with van der Waals surface area (Å²) in [5.74, 6) is -0.792. The molecule has 110 valence electrons. The van der Waals surface area contributed by atoms with Gasteiger partial charge in [0.2, 0.25) is 10.0 Å². The molecule has 0 amide bonds. The van der Waals surface area contributed by atoms with Crippen LogP contribution in [0.15, 0.2) is 17.0 Å². The van der Waals surface area contributed by atoms with E-state index in [1.54, 1.807) is 13.8 Å². The van der Waals surface area contributed by atoms with Crippen LogP contribution < -0.4 is 4.72 Å². The molecule has 0 aliphatic rings. The van der Waals surface area contributed by atoms with E-state index >= 15 is 0 Å². The molecular weight excluding hydrogens is 288 g/mol. The molecule has 1 aromatic rings. The Labute approximate surface area is 115 Å². The first kappa shape index (κ1) is 16.1. The van der Waals surface area contributed by atoms with Crippen LogP contribution in [0.4, 0.5) is 5.69 Å². The summed E-state index contributed by atoms with van der Waals surface area (Å²) in [6.07, 6.45) is 0. The molecule has 9 heteroatoms. The molecule has 1 N–H and O–H groups in total. The summed E-state index contributed by atoms with van der Waals surface area (Å²) in [5, 5.41) is 10.9. The Morgan fingerprint density at radius 1 is 1.35 bits per heavy atom. The molecule has 0 heterocycles. The standard InChI is InChI=1S/C11H14N2O6S/c1-7-4-9(13(15)16)10(5-8(7)2)20(17,18)12-6-11(14)19-3/h4-5,12H,6H2,1-3H3. The molecule has 0 spiro atoms. The van der Waals surface area contributed by atoms with Gasteiger partial charge in [-0.25, -0.2) is 8.42 Å². The number of rotatable bonds is 5. The van der Waals surface area contributed by atoms with Gasteiger partial charge in [0.05, 0.1) is 12.0 Å². The Morgan fingerprint density at radius 2 is 1.90 bits per heavy atom. The van der Waals surface area contributed by atoms with Crippen molar-refractivity contribution in [1.29, 1.82) is 0 Å². The van der Waals surface area contributed by atoms with Crippen molar-refractivity contribution in [3.63, 3.8) is 0 Å². The number of methoxy groups -OCH3 is 1. The van der Waals surface area contributed by atoms with Crippen LogP contribution >= 0.6 is 0 Å². The predicted molar refractivity (Wildman–Crippen MR) is 69.8 cm³/mol. The number of sulfonamides is 1. The maximum Gasteiger partial charge on any atom is 0.320 e. The topological polar surface area (TPSA) is 116 Å². The van der Waals surface area contributed by atoms with E-state index in [9.17, 15) is 23.3 Å². The van der Waals surface area contributed by atoms with Crippen LogP contribution in [0.3, 0.4) is 0 Å². The molecule has 0 aliphatic heterocycles. The fourth-order valence-corrected chi connectivity index (χ4v) is 2.64. The minimum absolute atomic E-state index is 0.477. The predicted octanol–water partition coefficient (Wildman–Crippen LogP) is 0.663. The van der Waals surface area contributed by atoms with Gasteiger partial charge in [0.1, 0.15) is 6.54 Å². The summed E-state index contributed by atoms with van der Waals surface area (Å²) in [7, 11) is -3.07. The molecule has 0 saturated carbocycles. The molecule has 0 aromatic heterocycles. The number of aryl methyl sites for hydroxylation is 2. The van der Waals surface area contributed by atoms with Gasteiger partial charge in [-0.1, -0.05) is 0 Å². The summed E-state index contributed by atoms with van der Waals surface area (Å²) >= 11 is 0. The third-order valence-electron chi connectivity index (χ3n) is 2.70. The van der Waals surface area contributed by atoms with Gasteiger partial charge < -0.3 is 4.74 Å². The third kappa shape index (κ3) is 3.52. The van der Waals surface area contributed by atoms with E-state index in [2.05, 4.69) is 4.74 Å². The highest BCUT2D eigenvalue weighted by atomic mass is 32.2. The summed E-state index contributed by atoms with van der Waals surface area (Å²) in [6.45, 7) is 2.68. The Bertz CT molecular complexity index is 653. The SMILES string of the molecule is COC(=O)CNS(=O)(=O)c1cc(C)c(C)cc1[N+](=O)[O-]. The average molecular weight is 302 g/mol. The van der Waals surface area contributed by atoms with E-state index in [0.29, 0.717) is 11.1 Å². The fourth-order valence-electron chi connectivity index (χ4n) is 1.44. The highest BCUT2D eigenvalue weighted by Crippen LogP contribution is 2.26. The van der Waals surface area contributed by atoms with E-state index in [-0.39, 0.29) is 0 Å². The van der Waals surface area contributed by atoms with Gasteiger partial charge in [0.15, 0.2) is 4.90 Å². The Kier molecular flexibility index (Phi) is 4.79. The zero-order valence-electron chi connectivity index (χ0n) is 11.2. The number of nitrogens with zero attached hydrogens (tertiary/aromatic N) is 1. The fraction of sp³-hybridized carbons (Fsp3) is 0.364. The molecule has 0 fully saturated rings. The van der Waals surface area contributed by atoms with Crippen LogP contribution in [-0.2, 0) is 19.6 Å². The van der Waals surface area contributed by atoms with Crippen molar-refractivity contribution in [2.24, 2.45) is 0 Å². The van der Waals surface area contributed by atoms with Crippen molar-refractivity contribution in [3.8, 4) is 0 Å². The number of nitrogens with one attached hydrogen (secondary N) is 1. The quantitative estimate of drug-likeness (QED) is 0.485. The number of hydrogen-bond acceptors (Lipinski definition) is 6. The number of esters is 1. The van der Waals surface area contributed by atoms with Crippen molar-refractivity contribution in [2.75, 3.05) is 13.7 Å². The second kappa shape index (κ2) is 5.97. The highest BCUT2D eigenvalue weighted by Gasteiger charge is 2.27. The molecule has 0 aliphatic carbocycles. The third-order valence-corrected chi connectivity index (χ3v) is 4.13. The number of hydrogen-bond donors (Lipinski definition) is 1. The second-order valence-corrected chi connectivity index (χ2v) is 5.80. The average Bonchev–Trinajstić information content (AvgIpc) is 2.38. The van der Waals surface area contributed by atoms with Gasteiger partial charge in [-0.2, -0.15) is 4.72 Å². The summed E-state index contributed by atoms with van der Waals surface area (Å²) < 4.78 is 30.3. The summed E-state index contributed by atoms with van der Waals surface area (Å²) in [5.41, 5.74) is 0.656. The molecule has 0 radical (unpaired) electrons. The zero-order valence-corrected chi connectivity index (χ0v) is 12.0. The lowest BCUT2D eigenvalue weighted by atomic mass is 10.1. The number of carbonyl (C=O) groups is 1. The Morgan fingerprint density at radius 3 is 2.40 bits per heavy atom. The second-order valence-electron chi connectivity index (χ2n) is 4.06. The van der Waals surface area contributed by atoms with Crippen LogP contribution in [0.2, 0.25) is 0 Å². The van der Waals surface area contributed by atoms with Crippen molar-refractivity contribution >= 4 is 21.7 Å².